The molecule has 0 fully saturated rings. The van der Waals surface area contributed by atoms with Gasteiger partial charge in [-0.05, 0) is 55.5 Å². The maximum atomic E-state index is 13.9. The molecular formula is C25H20ClFN4O2S2. The largest absolute Gasteiger partial charge is 0.272 e. The van der Waals surface area contributed by atoms with Crippen molar-refractivity contribution in [2.45, 2.75) is 30.8 Å². The third-order valence-corrected chi connectivity index (χ3v) is 8.14. The topological polar surface area (TPSA) is 76.3 Å². The van der Waals surface area contributed by atoms with Crippen molar-refractivity contribution in [3.8, 4) is 5.69 Å². The highest BCUT2D eigenvalue weighted by Gasteiger charge is 2.23. The van der Waals surface area contributed by atoms with Gasteiger partial charge in [0.15, 0.2) is 5.16 Å². The molecule has 178 valence electrons. The maximum Gasteiger partial charge on any atom is 0.267 e. The molecule has 0 atom stereocenters. The normalized spacial score (nSPS) is 13.3. The molecule has 0 spiro atoms. The first-order valence-electron chi connectivity index (χ1n) is 11.0. The van der Waals surface area contributed by atoms with Crippen LogP contribution in [0, 0.1) is 5.82 Å². The Kier molecular flexibility index (Phi) is 6.99. The fraction of sp³-hybridized carbons (Fsp3) is 0.200. The van der Waals surface area contributed by atoms with Crippen LogP contribution in [0.25, 0.3) is 15.9 Å². The van der Waals surface area contributed by atoms with Crippen LogP contribution in [-0.2, 0) is 17.6 Å². The third kappa shape index (κ3) is 4.89. The number of hydrogen-bond donors (Lipinski definition) is 1. The number of rotatable bonds is 6. The Labute approximate surface area is 213 Å². The van der Waals surface area contributed by atoms with Gasteiger partial charge in [-0.15, -0.1) is 11.3 Å². The van der Waals surface area contributed by atoms with Crippen LogP contribution in [0.2, 0.25) is 5.02 Å². The Hall–Kier alpha value is -3.01. The van der Waals surface area contributed by atoms with Gasteiger partial charge in [0.1, 0.15) is 10.6 Å². The number of hydrazone groups is 1. The highest BCUT2D eigenvalue weighted by atomic mass is 35.5. The number of hydrogen-bond acceptors (Lipinski definition) is 6. The van der Waals surface area contributed by atoms with Crippen LogP contribution in [0.1, 0.15) is 28.8 Å². The fourth-order valence-electron chi connectivity index (χ4n) is 4.05. The van der Waals surface area contributed by atoms with Crippen molar-refractivity contribution in [1.82, 2.24) is 15.0 Å². The Morgan fingerprint density at radius 3 is 2.80 bits per heavy atom. The van der Waals surface area contributed by atoms with Crippen molar-refractivity contribution in [3.63, 3.8) is 0 Å². The number of benzene rings is 2. The molecule has 1 N–H and O–H groups in total. The van der Waals surface area contributed by atoms with Gasteiger partial charge in [-0.25, -0.2) is 14.8 Å². The molecule has 0 saturated heterocycles. The summed E-state index contributed by atoms with van der Waals surface area (Å²) in [5, 5.41) is 5.14. The molecule has 6 nitrogen and oxygen atoms in total. The highest BCUT2D eigenvalue weighted by molar-refractivity contribution is 7.99. The Balaban J connectivity index is 1.42. The summed E-state index contributed by atoms with van der Waals surface area (Å²) < 4.78 is 15.4. The van der Waals surface area contributed by atoms with E-state index < -0.39 is 11.7 Å². The smallest absolute Gasteiger partial charge is 0.267 e. The van der Waals surface area contributed by atoms with Gasteiger partial charge in [0.25, 0.3) is 11.5 Å². The van der Waals surface area contributed by atoms with E-state index in [1.165, 1.54) is 29.3 Å². The van der Waals surface area contributed by atoms with Crippen LogP contribution < -0.4 is 11.0 Å². The van der Waals surface area contributed by atoms with Crippen molar-refractivity contribution >= 4 is 57.0 Å². The predicted octanol–water partition coefficient (Wildman–Crippen LogP) is 5.36. The van der Waals surface area contributed by atoms with Gasteiger partial charge in [0.2, 0.25) is 0 Å². The van der Waals surface area contributed by atoms with Crippen LogP contribution in [-0.4, -0.2) is 27.4 Å². The molecule has 4 aromatic rings. The number of halogens is 2. The van der Waals surface area contributed by atoms with Crippen molar-refractivity contribution in [2.75, 3.05) is 5.75 Å². The van der Waals surface area contributed by atoms with Gasteiger partial charge in [0.05, 0.1) is 28.1 Å². The van der Waals surface area contributed by atoms with Crippen molar-refractivity contribution in [3.05, 3.63) is 85.7 Å². The summed E-state index contributed by atoms with van der Waals surface area (Å²) in [4.78, 5) is 32.9. The molecule has 0 unspecified atom stereocenters. The van der Waals surface area contributed by atoms with Crippen LogP contribution in [0.15, 0.2) is 63.6 Å². The van der Waals surface area contributed by atoms with E-state index in [-0.39, 0.29) is 21.9 Å². The molecule has 2 heterocycles. The van der Waals surface area contributed by atoms with Gasteiger partial charge >= 0.3 is 0 Å². The molecule has 35 heavy (non-hydrogen) atoms. The van der Waals surface area contributed by atoms with E-state index in [2.05, 4.69) is 10.5 Å². The quantitative estimate of drug-likeness (QED) is 0.159. The van der Waals surface area contributed by atoms with E-state index in [0.717, 1.165) is 43.0 Å². The molecule has 2 aromatic carbocycles. The lowest BCUT2D eigenvalue weighted by Gasteiger charge is -2.13. The zero-order valence-electron chi connectivity index (χ0n) is 18.5. The summed E-state index contributed by atoms with van der Waals surface area (Å²) >= 11 is 8.69. The average Bonchev–Trinajstić information content (AvgIpc) is 3.24. The third-order valence-electron chi connectivity index (χ3n) is 5.69. The number of nitrogens with zero attached hydrogens (tertiary/aromatic N) is 3. The van der Waals surface area contributed by atoms with Crippen molar-refractivity contribution < 1.29 is 9.18 Å². The summed E-state index contributed by atoms with van der Waals surface area (Å²) in [5.41, 5.74) is 4.17. The SMILES string of the molecule is O=C(CSc1nc2sc3c(c2c(=O)n1-c1ccccc1)CCCC3)NN=Cc1c(F)cccc1Cl. The summed E-state index contributed by atoms with van der Waals surface area (Å²) in [5.74, 6) is -0.982. The molecule has 1 aliphatic carbocycles. The molecule has 1 aliphatic rings. The zero-order chi connectivity index (χ0) is 24.4. The average molecular weight is 527 g/mol. The first-order chi connectivity index (χ1) is 17.0. The van der Waals surface area contributed by atoms with Crippen molar-refractivity contribution in [1.29, 1.82) is 0 Å². The van der Waals surface area contributed by atoms with Crippen molar-refractivity contribution in [2.24, 2.45) is 5.10 Å². The maximum absolute atomic E-state index is 13.9. The number of amides is 1. The second-order valence-corrected chi connectivity index (χ2v) is 10.4. The van der Waals surface area contributed by atoms with Crippen LogP contribution in [0.3, 0.4) is 0 Å². The number of fused-ring (bicyclic) bond motifs is 3. The first kappa shape index (κ1) is 23.7. The monoisotopic (exact) mass is 526 g/mol. The number of thioether (sulfide) groups is 1. The fourth-order valence-corrected chi connectivity index (χ4v) is 6.37. The number of carbonyl (C=O) groups is 1. The minimum Gasteiger partial charge on any atom is -0.272 e. The number of thiophene rings is 1. The van der Waals surface area contributed by atoms with Crippen LogP contribution >= 0.6 is 34.7 Å². The lowest BCUT2D eigenvalue weighted by Crippen LogP contribution is -2.24. The molecule has 0 bridgehead atoms. The minimum absolute atomic E-state index is 0.0295. The molecule has 10 heteroatoms. The number of nitrogens with one attached hydrogen (secondary N) is 1. The number of aryl methyl sites for hydroxylation is 2. The van der Waals surface area contributed by atoms with Gasteiger partial charge < -0.3 is 0 Å². The zero-order valence-corrected chi connectivity index (χ0v) is 20.9. The molecule has 0 aliphatic heterocycles. The molecule has 0 saturated carbocycles. The molecule has 1 amide bonds. The highest BCUT2D eigenvalue weighted by Crippen LogP contribution is 2.35. The summed E-state index contributed by atoms with van der Waals surface area (Å²) in [7, 11) is 0. The standard InChI is InChI=1S/C25H20ClFN4O2S2/c26-18-10-6-11-19(27)17(18)13-28-30-21(32)14-34-25-29-23-22(16-9-4-5-12-20(16)35-23)24(33)31(25)15-7-2-1-3-8-15/h1-3,6-8,10-11,13H,4-5,9,12,14H2,(H,30,32). The van der Waals surface area contributed by atoms with Gasteiger partial charge in [-0.2, -0.15) is 5.10 Å². The molecule has 2 aromatic heterocycles. The first-order valence-corrected chi connectivity index (χ1v) is 13.2. The Morgan fingerprint density at radius 2 is 2.00 bits per heavy atom. The second kappa shape index (κ2) is 10.3. The predicted molar refractivity (Wildman–Crippen MR) is 140 cm³/mol. The van der Waals surface area contributed by atoms with Gasteiger partial charge in [-0.3, -0.25) is 14.2 Å². The molecule has 5 rings (SSSR count). The number of aromatic nitrogens is 2. The van der Waals surface area contributed by atoms with E-state index in [1.54, 1.807) is 15.9 Å². The summed E-state index contributed by atoms with van der Waals surface area (Å²) in [6, 6.07) is 13.6. The molecule has 0 radical (unpaired) electrons. The van der Waals surface area contributed by atoms with Gasteiger partial charge in [-0.1, -0.05) is 47.6 Å². The lowest BCUT2D eigenvalue weighted by atomic mass is 9.97. The van der Waals surface area contributed by atoms with Crippen LogP contribution in [0.4, 0.5) is 4.39 Å². The Morgan fingerprint density at radius 1 is 1.20 bits per heavy atom. The van der Waals surface area contributed by atoms with Gasteiger partial charge in [0, 0.05) is 10.4 Å². The van der Waals surface area contributed by atoms with E-state index in [1.807, 2.05) is 30.3 Å². The van der Waals surface area contributed by atoms with E-state index in [9.17, 15) is 14.0 Å². The van der Waals surface area contributed by atoms with E-state index in [0.29, 0.717) is 21.1 Å². The number of carbonyl (C=O) groups excluding carboxylic acids is 1. The number of para-hydroxylation sites is 1. The Bertz CT molecular complexity index is 1480. The summed E-state index contributed by atoms with van der Waals surface area (Å²) in [6.45, 7) is 0. The van der Waals surface area contributed by atoms with E-state index >= 15 is 0 Å². The minimum atomic E-state index is -0.534. The second-order valence-electron chi connectivity index (χ2n) is 7.98. The van der Waals surface area contributed by atoms with E-state index in [4.69, 9.17) is 16.6 Å². The lowest BCUT2D eigenvalue weighted by molar-refractivity contribution is -0.118. The van der Waals surface area contributed by atoms with Crippen LogP contribution in [0.5, 0.6) is 0 Å². The summed E-state index contributed by atoms with van der Waals surface area (Å²) in [6.07, 6.45) is 5.21. The molecular weight excluding hydrogens is 507 g/mol.